The zero-order chi connectivity index (χ0) is 15.5. The molecule has 2 rings (SSSR count). The third kappa shape index (κ3) is 4.15. The van der Waals surface area contributed by atoms with E-state index in [2.05, 4.69) is 45.0 Å². The summed E-state index contributed by atoms with van der Waals surface area (Å²) in [5.74, 6) is 0. The molecular weight excluding hydrogens is 262 g/mol. The van der Waals surface area contributed by atoms with Gasteiger partial charge in [0.1, 0.15) is 0 Å². The molecule has 0 heterocycles. The van der Waals surface area contributed by atoms with Crippen LogP contribution in [0.3, 0.4) is 0 Å². The molecule has 0 spiro atoms. The van der Waals surface area contributed by atoms with Gasteiger partial charge in [-0.2, -0.15) is 0 Å². The molecule has 2 aromatic carbocycles. The first-order valence-electron chi connectivity index (χ1n) is 7.19. The molecule has 0 fully saturated rings. The maximum atomic E-state index is 10.8. The van der Waals surface area contributed by atoms with Crippen LogP contribution < -0.4 is 0 Å². The van der Waals surface area contributed by atoms with E-state index in [1.165, 1.54) is 17.2 Å². The summed E-state index contributed by atoms with van der Waals surface area (Å²) in [4.78, 5) is 10.4. The van der Waals surface area contributed by atoms with Crippen LogP contribution in [0.2, 0.25) is 0 Å². The van der Waals surface area contributed by atoms with Gasteiger partial charge in [-0.15, -0.1) is 0 Å². The third-order valence-corrected chi connectivity index (χ3v) is 3.64. The number of non-ortho nitro benzene ring substituents is 1. The fourth-order valence-electron chi connectivity index (χ4n) is 2.29. The average molecular weight is 283 g/mol. The fourth-order valence-corrected chi connectivity index (χ4v) is 2.29. The summed E-state index contributed by atoms with van der Waals surface area (Å²) in [6, 6.07) is 15.5. The van der Waals surface area contributed by atoms with Crippen molar-refractivity contribution in [3.05, 3.63) is 75.3 Å². The zero-order valence-electron chi connectivity index (χ0n) is 12.8. The Morgan fingerprint density at radius 2 is 1.57 bits per heavy atom. The molecule has 0 N–H and O–H groups in total. The molecule has 0 saturated carbocycles. The lowest BCUT2D eigenvalue weighted by molar-refractivity contribution is -0.384. The quantitative estimate of drug-likeness (QED) is 0.604. The van der Waals surface area contributed by atoms with Crippen LogP contribution in [0, 0.1) is 10.1 Å². The Hall–Kier alpha value is -2.16. The summed E-state index contributed by atoms with van der Waals surface area (Å²) >= 11 is 0. The molecule has 3 nitrogen and oxygen atoms in total. The van der Waals surface area contributed by atoms with Crippen LogP contribution in [0.15, 0.2) is 48.5 Å². The summed E-state index contributed by atoms with van der Waals surface area (Å²) in [7, 11) is 0. The van der Waals surface area contributed by atoms with Crippen LogP contribution in [0.25, 0.3) is 0 Å². The van der Waals surface area contributed by atoms with E-state index in [-0.39, 0.29) is 16.0 Å². The van der Waals surface area contributed by atoms with Gasteiger partial charge in [0, 0.05) is 12.1 Å². The standard InChI is InChI=1S/C18H21NO2/c1-18(2,3)16-11-9-14(10-12-16)7-8-15-5-4-6-17(13-15)19(20)21/h4-6,9-13H,7-8H2,1-3H3. The molecule has 0 bridgehead atoms. The van der Waals surface area contributed by atoms with Crippen LogP contribution in [0.4, 0.5) is 5.69 Å². The van der Waals surface area contributed by atoms with E-state index in [1.807, 2.05) is 6.07 Å². The minimum Gasteiger partial charge on any atom is -0.258 e. The van der Waals surface area contributed by atoms with Crippen molar-refractivity contribution >= 4 is 5.69 Å². The maximum Gasteiger partial charge on any atom is 0.269 e. The minimum atomic E-state index is -0.346. The summed E-state index contributed by atoms with van der Waals surface area (Å²) in [6.07, 6.45) is 1.71. The van der Waals surface area contributed by atoms with Crippen LogP contribution >= 0.6 is 0 Å². The highest BCUT2D eigenvalue weighted by Crippen LogP contribution is 2.22. The highest BCUT2D eigenvalue weighted by molar-refractivity contribution is 5.35. The molecular formula is C18H21NO2. The van der Waals surface area contributed by atoms with Gasteiger partial charge >= 0.3 is 0 Å². The van der Waals surface area contributed by atoms with Crippen LogP contribution in [0.1, 0.15) is 37.5 Å². The Bertz CT molecular complexity index is 624. The largest absolute Gasteiger partial charge is 0.269 e. The second kappa shape index (κ2) is 6.08. The SMILES string of the molecule is CC(C)(C)c1ccc(CCc2cccc([N+](=O)[O-])c2)cc1. The summed E-state index contributed by atoms with van der Waals surface area (Å²) in [6.45, 7) is 6.60. The Labute approximate surface area is 125 Å². The lowest BCUT2D eigenvalue weighted by atomic mass is 9.86. The van der Waals surface area contributed by atoms with Gasteiger partial charge in [-0.3, -0.25) is 10.1 Å². The van der Waals surface area contributed by atoms with Gasteiger partial charge in [-0.25, -0.2) is 0 Å². The lowest BCUT2D eigenvalue weighted by Gasteiger charge is -2.19. The predicted molar refractivity (Wildman–Crippen MR) is 85.6 cm³/mol. The molecule has 3 heteroatoms. The zero-order valence-corrected chi connectivity index (χ0v) is 12.8. The highest BCUT2D eigenvalue weighted by atomic mass is 16.6. The van der Waals surface area contributed by atoms with E-state index in [1.54, 1.807) is 12.1 Å². The van der Waals surface area contributed by atoms with Crippen molar-refractivity contribution in [2.24, 2.45) is 0 Å². The minimum absolute atomic E-state index is 0.163. The third-order valence-electron chi connectivity index (χ3n) is 3.64. The van der Waals surface area contributed by atoms with E-state index < -0.39 is 0 Å². The molecule has 2 aromatic rings. The van der Waals surface area contributed by atoms with E-state index in [9.17, 15) is 10.1 Å². The number of rotatable bonds is 4. The second-order valence-corrected chi connectivity index (χ2v) is 6.37. The van der Waals surface area contributed by atoms with Crippen molar-refractivity contribution in [3.8, 4) is 0 Å². The molecule has 0 radical (unpaired) electrons. The van der Waals surface area contributed by atoms with Crippen molar-refractivity contribution in [1.82, 2.24) is 0 Å². The number of benzene rings is 2. The first-order chi connectivity index (χ1) is 9.86. The smallest absolute Gasteiger partial charge is 0.258 e. The van der Waals surface area contributed by atoms with Crippen LogP contribution in [-0.4, -0.2) is 4.92 Å². The van der Waals surface area contributed by atoms with E-state index in [0.29, 0.717) is 0 Å². The molecule has 0 aliphatic heterocycles. The van der Waals surface area contributed by atoms with Gasteiger partial charge in [0.05, 0.1) is 4.92 Å². The normalized spacial score (nSPS) is 11.4. The Kier molecular flexibility index (Phi) is 4.41. The Balaban J connectivity index is 2.03. The van der Waals surface area contributed by atoms with Crippen molar-refractivity contribution in [1.29, 1.82) is 0 Å². The summed E-state index contributed by atoms with van der Waals surface area (Å²) in [5, 5.41) is 10.8. The second-order valence-electron chi connectivity index (χ2n) is 6.37. The van der Waals surface area contributed by atoms with Crippen molar-refractivity contribution in [2.45, 2.75) is 39.0 Å². The van der Waals surface area contributed by atoms with Crippen LogP contribution in [-0.2, 0) is 18.3 Å². The lowest BCUT2D eigenvalue weighted by Crippen LogP contribution is -2.10. The van der Waals surface area contributed by atoms with Gasteiger partial charge < -0.3 is 0 Å². The molecule has 0 saturated heterocycles. The molecule has 0 aliphatic rings. The van der Waals surface area contributed by atoms with Crippen LogP contribution in [0.5, 0.6) is 0 Å². The fraction of sp³-hybridized carbons (Fsp3) is 0.333. The van der Waals surface area contributed by atoms with Crippen molar-refractivity contribution in [2.75, 3.05) is 0 Å². The average Bonchev–Trinajstić information content (AvgIpc) is 2.45. The van der Waals surface area contributed by atoms with Crippen molar-refractivity contribution in [3.63, 3.8) is 0 Å². The molecule has 110 valence electrons. The molecule has 21 heavy (non-hydrogen) atoms. The number of aryl methyl sites for hydroxylation is 2. The van der Waals surface area contributed by atoms with Crippen molar-refractivity contribution < 1.29 is 4.92 Å². The van der Waals surface area contributed by atoms with Gasteiger partial charge in [0.2, 0.25) is 0 Å². The number of nitro groups is 1. The van der Waals surface area contributed by atoms with E-state index >= 15 is 0 Å². The predicted octanol–water partition coefficient (Wildman–Crippen LogP) is 4.68. The first kappa shape index (κ1) is 15.2. The van der Waals surface area contributed by atoms with Gasteiger partial charge in [-0.05, 0) is 34.9 Å². The number of nitrogens with zero attached hydrogens (tertiary/aromatic N) is 1. The monoisotopic (exact) mass is 283 g/mol. The topological polar surface area (TPSA) is 43.1 Å². The summed E-state index contributed by atoms with van der Waals surface area (Å²) < 4.78 is 0. The highest BCUT2D eigenvalue weighted by Gasteiger charge is 2.12. The van der Waals surface area contributed by atoms with Gasteiger partial charge in [0.25, 0.3) is 5.69 Å². The van der Waals surface area contributed by atoms with Gasteiger partial charge in [0.15, 0.2) is 0 Å². The summed E-state index contributed by atoms with van der Waals surface area (Å²) in [5.41, 5.74) is 3.91. The first-order valence-corrected chi connectivity index (χ1v) is 7.19. The number of hydrogen-bond acceptors (Lipinski definition) is 2. The van der Waals surface area contributed by atoms with E-state index in [4.69, 9.17) is 0 Å². The number of nitro benzene ring substituents is 1. The maximum absolute atomic E-state index is 10.8. The Morgan fingerprint density at radius 1 is 0.952 bits per heavy atom. The molecule has 0 aliphatic carbocycles. The van der Waals surface area contributed by atoms with Gasteiger partial charge in [-0.1, -0.05) is 57.2 Å². The molecule has 0 amide bonds. The number of hydrogen-bond donors (Lipinski definition) is 0. The molecule has 0 unspecified atom stereocenters. The molecule has 0 atom stereocenters. The van der Waals surface area contributed by atoms with E-state index in [0.717, 1.165) is 18.4 Å². The molecule has 0 aromatic heterocycles. The Morgan fingerprint density at radius 3 is 2.14 bits per heavy atom.